The maximum atomic E-state index is 9.85. The van der Waals surface area contributed by atoms with Gasteiger partial charge in [-0.05, 0) is 25.1 Å². The number of ether oxygens (including phenoxy) is 1. The van der Waals surface area contributed by atoms with Gasteiger partial charge in [-0.25, -0.2) is 0 Å². The Morgan fingerprint density at radius 1 is 1.15 bits per heavy atom. The van der Waals surface area contributed by atoms with Gasteiger partial charge in [0.15, 0.2) is 0 Å². The SMILES string of the molecule is COc1ccccc1C(C)(CO)Nc1ccccc1Cl. The van der Waals surface area contributed by atoms with E-state index in [0.29, 0.717) is 5.02 Å². The Hall–Kier alpha value is -1.71. The molecule has 0 aliphatic rings. The number of aliphatic hydroxyl groups excluding tert-OH is 1. The zero-order valence-corrected chi connectivity index (χ0v) is 12.3. The zero-order chi connectivity index (χ0) is 14.6. The van der Waals surface area contributed by atoms with Crippen molar-refractivity contribution in [2.24, 2.45) is 0 Å². The number of methoxy groups -OCH3 is 1. The summed E-state index contributed by atoms with van der Waals surface area (Å²) < 4.78 is 5.38. The molecule has 0 aliphatic carbocycles. The molecular formula is C16H18ClNO2. The third-order valence-electron chi connectivity index (χ3n) is 3.30. The van der Waals surface area contributed by atoms with Gasteiger partial charge < -0.3 is 15.2 Å². The minimum Gasteiger partial charge on any atom is -0.496 e. The second-order valence-corrected chi connectivity index (χ2v) is 5.20. The van der Waals surface area contributed by atoms with Crippen molar-refractivity contribution < 1.29 is 9.84 Å². The Bertz CT molecular complexity index is 588. The van der Waals surface area contributed by atoms with Crippen LogP contribution in [0.1, 0.15) is 12.5 Å². The summed E-state index contributed by atoms with van der Waals surface area (Å²) in [7, 11) is 1.62. The fourth-order valence-corrected chi connectivity index (χ4v) is 2.34. The minimum atomic E-state index is -0.683. The van der Waals surface area contributed by atoms with Gasteiger partial charge in [0, 0.05) is 5.56 Å². The first-order chi connectivity index (χ1) is 9.60. The number of hydrogen-bond acceptors (Lipinski definition) is 3. The minimum absolute atomic E-state index is 0.0847. The van der Waals surface area contributed by atoms with Gasteiger partial charge in [-0.2, -0.15) is 0 Å². The van der Waals surface area contributed by atoms with Crippen LogP contribution < -0.4 is 10.1 Å². The summed E-state index contributed by atoms with van der Waals surface area (Å²) in [5, 5.41) is 13.8. The van der Waals surface area contributed by atoms with Gasteiger partial charge in [-0.3, -0.25) is 0 Å². The average Bonchev–Trinajstić information content (AvgIpc) is 2.49. The third kappa shape index (κ3) is 2.89. The molecule has 0 spiro atoms. The molecule has 0 radical (unpaired) electrons. The van der Waals surface area contributed by atoms with Crippen LogP contribution in [0, 0.1) is 0 Å². The maximum Gasteiger partial charge on any atom is 0.124 e. The van der Waals surface area contributed by atoms with E-state index in [9.17, 15) is 5.11 Å². The van der Waals surface area contributed by atoms with E-state index >= 15 is 0 Å². The topological polar surface area (TPSA) is 41.5 Å². The van der Waals surface area contributed by atoms with Crippen LogP contribution in [0.15, 0.2) is 48.5 Å². The molecule has 4 heteroatoms. The van der Waals surface area contributed by atoms with Gasteiger partial charge >= 0.3 is 0 Å². The summed E-state index contributed by atoms with van der Waals surface area (Å²) in [6, 6.07) is 15.1. The van der Waals surface area contributed by atoms with Crippen LogP contribution in [0.3, 0.4) is 0 Å². The van der Waals surface area contributed by atoms with Crippen molar-refractivity contribution >= 4 is 17.3 Å². The van der Waals surface area contributed by atoms with Gasteiger partial charge in [0.1, 0.15) is 5.75 Å². The average molecular weight is 292 g/mol. The molecule has 2 aromatic carbocycles. The summed E-state index contributed by atoms with van der Waals surface area (Å²) in [4.78, 5) is 0. The number of para-hydroxylation sites is 2. The van der Waals surface area contributed by atoms with Crippen molar-refractivity contribution in [3.05, 3.63) is 59.1 Å². The lowest BCUT2D eigenvalue weighted by Gasteiger charge is -2.32. The van der Waals surface area contributed by atoms with E-state index in [4.69, 9.17) is 16.3 Å². The first-order valence-electron chi connectivity index (χ1n) is 6.38. The van der Waals surface area contributed by atoms with Gasteiger partial charge in [-0.15, -0.1) is 0 Å². The number of rotatable bonds is 5. The number of nitrogens with one attached hydrogen (secondary N) is 1. The van der Waals surface area contributed by atoms with Crippen LogP contribution in [-0.2, 0) is 5.54 Å². The molecule has 2 rings (SSSR count). The molecule has 0 aromatic heterocycles. The van der Waals surface area contributed by atoms with Crippen LogP contribution in [-0.4, -0.2) is 18.8 Å². The van der Waals surface area contributed by atoms with Crippen molar-refractivity contribution in [2.45, 2.75) is 12.5 Å². The normalized spacial score (nSPS) is 13.6. The van der Waals surface area contributed by atoms with E-state index in [-0.39, 0.29) is 6.61 Å². The molecule has 2 N–H and O–H groups in total. The highest BCUT2D eigenvalue weighted by Gasteiger charge is 2.29. The molecule has 0 saturated heterocycles. The van der Waals surface area contributed by atoms with Crippen molar-refractivity contribution in [1.29, 1.82) is 0 Å². The largest absolute Gasteiger partial charge is 0.496 e. The molecule has 0 amide bonds. The molecule has 1 atom stereocenters. The molecule has 0 heterocycles. The summed E-state index contributed by atoms with van der Waals surface area (Å²) in [5.74, 6) is 0.726. The standard InChI is InChI=1S/C16H18ClNO2/c1-16(11-19,12-7-3-6-10-15(12)20-2)18-14-9-5-4-8-13(14)17/h3-10,18-19H,11H2,1-2H3. The Balaban J connectivity index is 2.41. The van der Waals surface area contributed by atoms with Crippen molar-refractivity contribution in [3.63, 3.8) is 0 Å². The highest BCUT2D eigenvalue weighted by atomic mass is 35.5. The highest BCUT2D eigenvalue weighted by molar-refractivity contribution is 6.33. The van der Waals surface area contributed by atoms with E-state index in [2.05, 4.69) is 5.32 Å². The Morgan fingerprint density at radius 3 is 2.45 bits per heavy atom. The monoisotopic (exact) mass is 291 g/mol. The molecule has 0 bridgehead atoms. The highest BCUT2D eigenvalue weighted by Crippen LogP contribution is 2.34. The van der Waals surface area contributed by atoms with Crippen molar-refractivity contribution in [2.75, 3.05) is 19.0 Å². The first-order valence-corrected chi connectivity index (χ1v) is 6.75. The Kier molecular flexibility index (Phi) is 4.53. The summed E-state index contributed by atoms with van der Waals surface area (Å²) in [5.41, 5.74) is 0.971. The lowest BCUT2D eigenvalue weighted by molar-refractivity contribution is 0.220. The maximum absolute atomic E-state index is 9.85. The van der Waals surface area contributed by atoms with Gasteiger partial charge in [-0.1, -0.05) is 41.9 Å². The molecule has 0 fully saturated rings. The number of hydrogen-bond donors (Lipinski definition) is 2. The quantitative estimate of drug-likeness (QED) is 0.883. The van der Waals surface area contributed by atoms with Gasteiger partial charge in [0.25, 0.3) is 0 Å². The zero-order valence-electron chi connectivity index (χ0n) is 11.6. The molecule has 106 valence electrons. The van der Waals surface area contributed by atoms with E-state index in [0.717, 1.165) is 17.0 Å². The summed E-state index contributed by atoms with van der Waals surface area (Å²) in [6.07, 6.45) is 0. The molecule has 0 aliphatic heterocycles. The van der Waals surface area contributed by atoms with Crippen molar-refractivity contribution in [1.82, 2.24) is 0 Å². The van der Waals surface area contributed by atoms with Gasteiger partial charge in [0.05, 0.1) is 30.0 Å². The summed E-state index contributed by atoms with van der Waals surface area (Å²) >= 11 is 6.17. The lowest BCUT2D eigenvalue weighted by Crippen LogP contribution is -2.36. The predicted molar refractivity (Wildman–Crippen MR) is 82.5 cm³/mol. The molecule has 3 nitrogen and oxygen atoms in total. The molecule has 2 aromatic rings. The Labute approximate surface area is 124 Å². The van der Waals surface area contributed by atoms with E-state index in [1.165, 1.54) is 0 Å². The van der Waals surface area contributed by atoms with E-state index in [1.54, 1.807) is 7.11 Å². The van der Waals surface area contributed by atoms with E-state index in [1.807, 2.05) is 55.5 Å². The number of aliphatic hydroxyl groups is 1. The van der Waals surface area contributed by atoms with Crippen LogP contribution >= 0.6 is 11.6 Å². The second-order valence-electron chi connectivity index (χ2n) is 4.80. The smallest absolute Gasteiger partial charge is 0.124 e. The fourth-order valence-electron chi connectivity index (χ4n) is 2.15. The molecular weight excluding hydrogens is 274 g/mol. The second kappa shape index (κ2) is 6.16. The van der Waals surface area contributed by atoms with Crippen LogP contribution in [0.5, 0.6) is 5.75 Å². The van der Waals surface area contributed by atoms with E-state index < -0.39 is 5.54 Å². The molecule has 20 heavy (non-hydrogen) atoms. The number of benzene rings is 2. The van der Waals surface area contributed by atoms with Gasteiger partial charge in [0.2, 0.25) is 0 Å². The predicted octanol–water partition coefficient (Wildman–Crippen LogP) is 3.67. The van der Waals surface area contributed by atoms with Crippen LogP contribution in [0.2, 0.25) is 5.02 Å². The fraction of sp³-hybridized carbons (Fsp3) is 0.250. The third-order valence-corrected chi connectivity index (χ3v) is 3.63. The summed E-state index contributed by atoms with van der Waals surface area (Å²) in [6.45, 7) is 1.83. The van der Waals surface area contributed by atoms with Crippen LogP contribution in [0.4, 0.5) is 5.69 Å². The lowest BCUT2D eigenvalue weighted by atomic mass is 9.91. The molecule has 1 unspecified atom stereocenters. The Morgan fingerprint density at radius 2 is 1.80 bits per heavy atom. The number of anilines is 1. The van der Waals surface area contributed by atoms with Crippen molar-refractivity contribution in [3.8, 4) is 5.75 Å². The molecule has 0 saturated carbocycles. The van der Waals surface area contributed by atoms with Crippen LogP contribution in [0.25, 0.3) is 0 Å². The number of halogens is 1. The first kappa shape index (κ1) is 14.7.